The highest BCUT2D eigenvalue weighted by atomic mass is 16.5. The second-order valence-electron chi connectivity index (χ2n) is 10.3. The standard InChI is InChI=1S/C34H39NO4/c36-26-35-19-18-33(34(23-35)39-25-28-12-13-29-10-4-5-11-31(29)22-28)30-14-16-32(17-15-30)38-21-7-6-20-37-24-27-8-2-1-3-9-27/h1-5,8-17,22,33-34,36H,6-7,18-21,23-26H2. The first-order chi connectivity index (χ1) is 19.3. The number of piperidine rings is 1. The highest BCUT2D eigenvalue weighted by molar-refractivity contribution is 5.82. The van der Waals surface area contributed by atoms with E-state index in [1.807, 2.05) is 18.2 Å². The van der Waals surface area contributed by atoms with Gasteiger partial charge in [-0.1, -0.05) is 78.9 Å². The number of unbranched alkanes of at least 4 members (excludes halogenated alkanes) is 1. The predicted molar refractivity (Wildman–Crippen MR) is 156 cm³/mol. The number of benzene rings is 4. The molecule has 1 aliphatic heterocycles. The minimum Gasteiger partial charge on any atom is -0.494 e. The normalized spacial score (nSPS) is 17.9. The molecule has 1 fully saturated rings. The molecule has 5 heteroatoms. The number of nitrogens with zero attached hydrogens (tertiary/aromatic N) is 1. The third-order valence-corrected chi connectivity index (χ3v) is 7.49. The van der Waals surface area contributed by atoms with Crippen LogP contribution in [0.15, 0.2) is 97.1 Å². The van der Waals surface area contributed by atoms with Crippen LogP contribution in [-0.2, 0) is 22.7 Å². The third kappa shape index (κ3) is 7.90. The first-order valence-corrected chi connectivity index (χ1v) is 14.1. The van der Waals surface area contributed by atoms with Crippen LogP contribution >= 0.6 is 0 Å². The van der Waals surface area contributed by atoms with Gasteiger partial charge in [0, 0.05) is 25.6 Å². The van der Waals surface area contributed by atoms with Crippen LogP contribution in [0.25, 0.3) is 10.8 Å². The number of hydrogen-bond donors (Lipinski definition) is 1. The highest BCUT2D eigenvalue weighted by Crippen LogP contribution is 2.32. The molecule has 0 aromatic heterocycles. The molecule has 0 bridgehead atoms. The van der Waals surface area contributed by atoms with Crippen LogP contribution in [0, 0.1) is 0 Å². The molecular weight excluding hydrogens is 486 g/mol. The van der Waals surface area contributed by atoms with Gasteiger partial charge in [0.05, 0.1) is 32.7 Å². The molecule has 0 aliphatic carbocycles. The molecule has 0 saturated carbocycles. The Hall–Kier alpha value is -3.22. The van der Waals surface area contributed by atoms with E-state index >= 15 is 0 Å². The average Bonchev–Trinajstić information content (AvgIpc) is 3.00. The van der Waals surface area contributed by atoms with Crippen LogP contribution in [0.1, 0.15) is 41.9 Å². The second kappa shape index (κ2) is 14.2. The van der Waals surface area contributed by atoms with E-state index in [0.717, 1.165) is 44.7 Å². The summed E-state index contributed by atoms with van der Waals surface area (Å²) in [7, 11) is 0. The maximum atomic E-state index is 9.75. The number of ether oxygens (including phenoxy) is 3. The molecule has 2 atom stereocenters. The zero-order valence-electron chi connectivity index (χ0n) is 22.6. The fraction of sp³-hybridized carbons (Fsp3) is 0.353. The molecule has 1 N–H and O–H groups in total. The number of fused-ring (bicyclic) bond motifs is 1. The SMILES string of the molecule is OCN1CCC(c2ccc(OCCCCOCc3ccccc3)cc2)C(OCc2ccc3ccccc3c2)C1. The molecule has 5 nitrogen and oxygen atoms in total. The van der Waals surface area contributed by atoms with E-state index in [-0.39, 0.29) is 18.8 Å². The summed E-state index contributed by atoms with van der Waals surface area (Å²) < 4.78 is 18.2. The lowest BCUT2D eigenvalue weighted by Gasteiger charge is -2.37. The van der Waals surface area contributed by atoms with Crippen molar-refractivity contribution in [2.75, 3.05) is 33.0 Å². The third-order valence-electron chi connectivity index (χ3n) is 7.49. The van der Waals surface area contributed by atoms with Crippen LogP contribution < -0.4 is 4.74 Å². The molecule has 39 heavy (non-hydrogen) atoms. The van der Waals surface area contributed by atoms with Crippen molar-refractivity contribution in [3.05, 3.63) is 114 Å². The zero-order chi connectivity index (χ0) is 26.7. The fourth-order valence-electron chi connectivity index (χ4n) is 5.26. The van der Waals surface area contributed by atoms with E-state index in [9.17, 15) is 5.11 Å². The number of aliphatic hydroxyl groups excluding tert-OH is 1. The summed E-state index contributed by atoms with van der Waals surface area (Å²) in [6, 6.07) is 33.7. The van der Waals surface area contributed by atoms with Gasteiger partial charge >= 0.3 is 0 Å². The maximum absolute atomic E-state index is 9.75. The van der Waals surface area contributed by atoms with Crippen molar-refractivity contribution in [3.8, 4) is 5.75 Å². The minimum atomic E-state index is 0.0139. The fourth-order valence-corrected chi connectivity index (χ4v) is 5.26. The second-order valence-corrected chi connectivity index (χ2v) is 10.3. The van der Waals surface area contributed by atoms with Crippen molar-refractivity contribution >= 4 is 10.8 Å². The summed E-state index contributed by atoms with van der Waals surface area (Å²) in [6.45, 7) is 4.28. The number of aliphatic hydroxyl groups is 1. The van der Waals surface area contributed by atoms with Gasteiger partial charge in [0.15, 0.2) is 0 Å². The Morgan fingerprint density at radius 2 is 1.51 bits per heavy atom. The van der Waals surface area contributed by atoms with Crippen LogP contribution in [0.3, 0.4) is 0 Å². The predicted octanol–water partition coefficient (Wildman–Crippen LogP) is 6.54. The Labute approximate surface area is 231 Å². The average molecular weight is 526 g/mol. The summed E-state index contributed by atoms with van der Waals surface area (Å²) in [5.74, 6) is 1.18. The molecule has 2 unspecified atom stereocenters. The zero-order valence-corrected chi connectivity index (χ0v) is 22.6. The summed E-state index contributed by atoms with van der Waals surface area (Å²) in [5, 5.41) is 12.2. The van der Waals surface area contributed by atoms with Gasteiger partial charge in [-0.3, -0.25) is 4.90 Å². The lowest BCUT2D eigenvalue weighted by atomic mass is 9.87. The topological polar surface area (TPSA) is 51.2 Å². The molecule has 5 rings (SSSR count). The van der Waals surface area contributed by atoms with E-state index in [2.05, 4.69) is 83.8 Å². The van der Waals surface area contributed by atoms with E-state index in [1.165, 1.54) is 27.5 Å². The van der Waals surface area contributed by atoms with E-state index in [0.29, 0.717) is 19.8 Å². The summed E-state index contributed by atoms with van der Waals surface area (Å²) >= 11 is 0. The van der Waals surface area contributed by atoms with E-state index < -0.39 is 0 Å². The van der Waals surface area contributed by atoms with Gasteiger partial charge in [-0.15, -0.1) is 0 Å². The van der Waals surface area contributed by atoms with Crippen LogP contribution in [0.5, 0.6) is 5.75 Å². The summed E-state index contributed by atoms with van der Waals surface area (Å²) in [4.78, 5) is 2.06. The Morgan fingerprint density at radius 3 is 2.33 bits per heavy atom. The minimum absolute atomic E-state index is 0.0139. The van der Waals surface area contributed by atoms with Gasteiger partial charge in [-0.05, 0) is 64.9 Å². The Morgan fingerprint density at radius 1 is 0.744 bits per heavy atom. The van der Waals surface area contributed by atoms with Gasteiger partial charge < -0.3 is 19.3 Å². The van der Waals surface area contributed by atoms with Crippen molar-refractivity contribution in [1.29, 1.82) is 0 Å². The first-order valence-electron chi connectivity index (χ1n) is 14.1. The van der Waals surface area contributed by atoms with Crippen LogP contribution in [0.4, 0.5) is 0 Å². The van der Waals surface area contributed by atoms with E-state index in [1.54, 1.807) is 0 Å². The number of rotatable bonds is 13. The quantitative estimate of drug-likeness (QED) is 0.201. The Bertz CT molecular complexity index is 1280. The number of hydrogen-bond acceptors (Lipinski definition) is 5. The molecule has 1 saturated heterocycles. The molecule has 1 heterocycles. The van der Waals surface area contributed by atoms with Gasteiger partial charge in [0.1, 0.15) is 5.75 Å². The first kappa shape index (κ1) is 27.4. The van der Waals surface area contributed by atoms with Crippen molar-refractivity contribution in [3.63, 3.8) is 0 Å². The van der Waals surface area contributed by atoms with Crippen molar-refractivity contribution < 1.29 is 19.3 Å². The molecule has 204 valence electrons. The lowest BCUT2D eigenvalue weighted by Crippen LogP contribution is -2.44. The van der Waals surface area contributed by atoms with Crippen molar-refractivity contribution in [2.45, 2.75) is 44.5 Å². The van der Waals surface area contributed by atoms with Gasteiger partial charge in [0.25, 0.3) is 0 Å². The molecule has 0 amide bonds. The summed E-state index contributed by atoms with van der Waals surface area (Å²) in [5.41, 5.74) is 3.64. The lowest BCUT2D eigenvalue weighted by molar-refractivity contribution is -0.0442. The molecule has 1 aliphatic rings. The molecule has 0 spiro atoms. The molecule has 0 radical (unpaired) electrons. The highest BCUT2D eigenvalue weighted by Gasteiger charge is 2.31. The van der Waals surface area contributed by atoms with Gasteiger partial charge in [-0.2, -0.15) is 0 Å². The monoisotopic (exact) mass is 525 g/mol. The van der Waals surface area contributed by atoms with Crippen molar-refractivity contribution in [1.82, 2.24) is 4.90 Å². The van der Waals surface area contributed by atoms with Crippen LogP contribution in [0.2, 0.25) is 0 Å². The Balaban J connectivity index is 1.09. The Kier molecular flexibility index (Phi) is 9.99. The van der Waals surface area contributed by atoms with Gasteiger partial charge in [-0.25, -0.2) is 0 Å². The van der Waals surface area contributed by atoms with E-state index in [4.69, 9.17) is 14.2 Å². The molecule has 4 aromatic carbocycles. The smallest absolute Gasteiger partial charge is 0.119 e. The van der Waals surface area contributed by atoms with Crippen LogP contribution in [-0.4, -0.2) is 49.1 Å². The molecule has 4 aromatic rings. The van der Waals surface area contributed by atoms with Crippen molar-refractivity contribution in [2.24, 2.45) is 0 Å². The van der Waals surface area contributed by atoms with Gasteiger partial charge in [0.2, 0.25) is 0 Å². The summed E-state index contributed by atoms with van der Waals surface area (Å²) in [6.07, 6.45) is 2.90. The number of likely N-dealkylation sites (tertiary alicyclic amines) is 1. The molecular formula is C34H39NO4. The largest absolute Gasteiger partial charge is 0.494 e. The maximum Gasteiger partial charge on any atom is 0.119 e.